The van der Waals surface area contributed by atoms with E-state index in [0.29, 0.717) is 31.1 Å². The minimum Gasteiger partial charge on any atom is -0.285 e. The molecule has 1 saturated heterocycles. The second-order valence-corrected chi connectivity index (χ2v) is 7.97. The third-order valence-electron chi connectivity index (χ3n) is 3.54. The highest BCUT2D eigenvalue weighted by Gasteiger charge is 2.31. The Morgan fingerprint density at radius 3 is 2.43 bits per heavy atom. The van der Waals surface area contributed by atoms with E-state index >= 15 is 0 Å². The average Bonchev–Trinajstić information content (AvgIpc) is 2.99. The van der Waals surface area contributed by atoms with Gasteiger partial charge in [-0.2, -0.15) is 14.8 Å². The predicted molar refractivity (Wildman–Crippen MR) is 79.1 cm³/mol. The van der Waals surface area contributed by atoms with E-state index in [4.69, 9.17) is 10.5 Å². The Morgan fingerprint density at radius 2 is 1.95 bits per heavy atom. The van der Waals surface area contributed by atoms with Crippen LogP contribution in [0.3, 0.4) is 0 Å². The van der Waals surface area contributed by atoms with Gasteiger partial charge in [0, 0.05) is 26.2 Å². The van der Waals surface area contributed by atoms with Gasteiger partial charge in [-0.25, -0.2) is 8.42 Å². The molecule has 2 rings (SSSR count). The van der Waals surface area contributed by atoms with Crippen LogP contribution >= 0.6 is 11.3 Å². The summed E-state index contributed by atoms with van der Waals surface area (Å²) in [4.78, 5) is 2.41. The molecular weight excluding hydrogens is 308 g/mol. The lowest BCUT2D eigenvalue weighted by Gasteiger charge is -2.35. The van der Waals surface area contributed by atoms with E-state index in [-0.39, 0.29) is 10.3 Å². The summed E-state index contributed by atoms with van der Waals surface area (Å²) in [7, 11) is -3.52. The van der Waals surface area contributed by atoms with Gasteiger partial charge in [-0.05, 0) is 18.6 Å². The van der Waals surface area contributed by atoms with Crippen molar-refractivity contribution in [1.82, 2.24) is 9.21 Å². The van der Waals surface area contributed by atoms with Gasteiger partial charge in [-0.15, -0.1) is 11.3 Å². The van der Waals surface area contributed by atoms with E-state index in [2.05, 4.69) is 6.07 Å². The van der Waals surface area contributed by atoms with Crippen LogP contribution in [0.15, 0.2) is 16.3 Å². The van der Waals surface area contributed by atoms with Crippen molar-refractivity contribution in [2.45, 2.75) is 23.6 Å². The van der Waals surface area contributed by atoms with Crippen molar-refractivity contribution in [3.63, 3.8) is 0 Å². The monoisotopic (exact) mass is 324 g/mol. The number of hydrogen-bond acceptors (Lipinski definition) is 6. The number of piperazine rings is 1. The molecule has 8 heteroatoms. The van der Waals surface area contributed by atoms with E-state index in [9.17, 15) is 8.42 Å². The first-order valence-electron chi connectivity index (χ1n) is 6.66. The number of sulfonamides is 1. The van der Waals surface area contributed by atoms with Gasteiger partial charge in [0.25, 0.3) is 10.0 Å². The predicted octanol–water partition coefficient (Wildman–Crippen LogP) is 1.23. The highest BCUT2D eigenvalue weighted by Crippen LogP contribution is 2.25. The normalized spacial score (nSPS) is 18.8. The van der Waals surface area contributed by atoms with Gasteiger partial charge in [-0.1, -0.05) is 6.92 Å². The molecule has 0 saturated carbocycles. The molecule has 0 aliphatic carbocycles. The number of thiophene rings is 1. The molecule has 21 heavy (non-hydrogen) atoms. The highest BCUT2D eigenvalue weighted by molar-refractivity contribution is 7.91. The molecule has 1 aromatic rings. The van der Waals surface area contributed by atoms with Gasteiger partial charge in [-0.3, -0.25) is 4.90 Å². The van der Waals surface area contributed by atoms with E-state index in [0.717, 1.165) is 17.8 Å². The van der Waals surface area contributed by atoms with Crippen LogP contribution < -0.4 is 0 Å². The van der Waals surface area contributed by atoms with Gasteiger partial charge >= 0.3 is 0 Å². The average molecular weight is 324 g/mol. The van der Waals surface area contributed by atoms with Gasteiger partial charge in [0.2, 0.25) is 0 Å². The van der Waals surface area contributed by atoms with Crippen molar-refractivity contribution in [3.05, 3.63) is 17.0 Å². The lowest BCUT2D eigenvalue weighted by atomic mass is 10.2. The van der Waals surface area contributed by atoms with Crippen LogP contribution in [0.25, 0.3) is 0 Å². The maximum atomic E-state index is 12.5. The molecule has 0 aromatic carbocycles. The zero-order chi connectivity index (χ0) is 15.5. The fourth-order valence-corrected chi connectivity index (χ4v) is 5.01. The van der Waals surface area contributed by atoms with Crippen LogP contribution in [0, 0.1) is 22.7 Å². The summed E-state index contributed by atoms with van der Waals surface area (Å²) < 4.78 is 26.6. The van der Waals surface area contributed by atoms with Crippen LogP contribution in [0.4, 0.5) is 0 Å². The largest absolute Gasteiger partial charge is 0.285 e. The molecule has 1 aliphatic rings. The molecule has 0 N–H and O–H groups in total. The van der Waals surface area contributed by atoms with Gasteiger partial charge in [0.15, 0.2) is 0 Å². The lowest BCUT2D eigenvalue weighted by Crippen LogP contribution is -2.51. The Kier molecular flexibility index (Phi) is 4.96. The number of hydrogen-bond donors (Lipinski definition) is 0. The first-order chi connectivity index (χ1) is 10.0. The zero-order valence-corrected chi connectivity index (χ0v) is 13.3. The Bertz CT molecular complexity index is 676. The smallest absolute Gasteiger partial charge is 0.252 e. The molecule has 0 radical (unpaired) electrons. The summed E-state index contributed by atoms with van der Waals surface area (Å²) >= 11 is 0.993. The summed E-state index contributed by atoms with van der Waals surface area (Å²) in [5.74, 6) is 0. The van der Waals surface area contributed by atoms with Crippen molar-refractivity contribution >= 4 is 21.4 Å². The molecule has 1 aliphatic heterocycles. The van der Waals surface area contributed by atoms with E-state index in [1.165, 1.54) is 16.4 Å². The van der Waals surface area contributed by atoms with Crippen LogP contribution in [0.5, 0.6) is 0 Å². The summed E-state index contributed by atoms with van der Waals surface area (Å²) in [5.41, 5.74) is 0. The molecule has 2 heterocycles. The number of rotatable bonds is 4. The first kappa shape index (κ1) is 15.9. The molecular formula is C13H16N4O2S2. The molecule has 1 fully saturated rings. The quantitative estimate of drug-likeness (QED) is 0.831. The Balaban J connectivity index is 2.08. The maximum absolute atomic E-state index is 12.5. The fourth-order valence-electron chi connectivity index (χ4n) is 2.33. The molecule has 6 nitrogen and oxygen atoms in total. The molecule has 112 valence electrons. The molecule has 0 amide bonds. The van der Waals surface area contributed by atoms with E-state index in [1.54, 1.807) is 0 Å². The number of nitriles is 2. The SMILES string of the molecule is CCC(C#N)N1CCN(S(=O)(=O)c2ccc(C#N)s2)CC1. The Labute approximate surface area is 128 Å². The van der Waals surface area contributed by atoms with Crippen LogP contribution in [0.1, 0.15) is 18.2 Å². The molecule has 0 bridgehead atoms. The summed E-state index contributed by atoms with van der Waals surface area (Å²) in [6.45, 7) is 3.82. The third kappa shape index (κ3) is 3.25. The van der Waals surface area contributed by atoms with Crippen LogP contribution in [-0.4, -0.2) is 49.8 Å². The Hall–Kier alpha value is -1.45. The van der Waals surface area contributed by atoms with Gasteiger partial charge < -0.3 is 0 Å². The molecule has 0 spiro atoms. The van der Waals surface area contributed by atoms with Crippen molar-refractivity contribution in [2.75, 3.05) is 26.2 Å². The molecule has 1 unspecified atom stereocenters. The first-order valence-corrected chi connectivity index (χ1v) is 8.92. The highest BCUT2D eigenvalue weighted by atomic mass is 32.2. The van der Waals surface area contributed by atoms with Crippen molar-refractivity contribution in [1.29, 1.82) is 10.5 Å². The fraction of sp³-hybridized carbons (Fsp3) is 0.538. The summed E-state index contributed by atoms with van der Waals surface area (Å²) in [6.07, 6.45) is 0.736. The lowest BCUT2D eigenvalue weighted by molar-refractivity contribution is 0.159. The number of nitrogens with zero attached hydrogens (tertiary/aromatic N) is 4. The second-order valence-electron chi connectivity index (χ2n) is 4.72. The van der Waals surface area contributed by atoms with Crippen LogP contribution in [-0.2, 0) is 10.0 Å². The van der Waals surface area contributed by atoms with Gasteiger partial charge in [0.1, 0.15) is 15.2 Å². The molecule has 1 atom stereocenters. The van der Waals surface area contributed by atoms with Gasteiger partial charge in [0.05, 0.1) is 12.1 Å². The summed E-state index contributed by atoms with van der Waals surface area (Å²) in [5, 5.41) is 17.9. The van der Waals surface area contributed by atoms with Crippen molar-refractivity contribution < 1.29 is 8.42 Å². The standard InChI is InChI=1S/C13H16N4O2S2/c1-2-11(9-14)16-5-7-17(8-6-16)21(18,19)13-4-3-12(10-15)20-13/h3-4,11H,2,5-8H2,1H3. The minimum absolute atomic E-state index is 0.151. The van der Waals surface area contributed by atoms with E-state index in [1.807, 2.05) is 17.9 Å². The van der Waals surface area contributed by atoms with Crippen LogP contribution in [0.2, 0.25) is 0 Å². The maximum Gasteiger partial charge on any atom is 0.252 e. The topological polar surface area (TPSA) is 88.2 Å². The Morgan fingerprint density at radius 1 is 1.29 bits per heavy atom. The molecule has 1 aromatic heterocycles. The van der Waals surface area contributed by atoms with E-state index < -0.39 is 10.0 Å². The van der Waals surface area contributed by atoms with Crippen molar-refractivity contribution in [3.8, 4) is 12.1 Å². The minimum atomic E-state index is -3.52. The van der Waals surface area contributed by atoms with Crippen molar-refractivity contribution in [2.24, 2.45) is 0 Å². The second kappa shape index (κ2) is 6.54. The summed E-state index contributed by atoms with van der Waals surface area (Å²) in [6, 6.07) is 7.05. The zero-order valence-electron chi connectivity index (χ0n) is 11.7. The third-order valence-corrected chi connectivity index (χ3v) is 6.89.